The van der Waals surface area contributed by atoms with Gasteiger partial charge in [0.05, 0.1) is 17.3 Å². The predicted octanol–water partition coefficient (Wildman–Crippen LogP) is 2.24. The van der Waals surface area contributed by atoms with Gasteiger partial charge in [-0.2, -0.15) is 5.10 Å². The first-order chi connectivity index (χ1) is 7.99. The Morgan fingerprint density at radius 1 is 1.29 bits per heavy atom. The van der Waals surface area contributed by atoms with Crippen LogP contribution in [0.3, 0.4) is 0 Å². The molecule has 1 aromatic carbocycles. The maximum atomic E-state index is 13.5. The highest BCUT2D eigenvalue weighted by Crippen LogP contribution is 2.17. The van der Waals surface area contributed by atoms with E-state index in [4.69, 9.17) is 0 Å². The molecule has 1 aromatic heterocycles. The number of aromatic nitrogens is 2. The van der Waals surface area contributed by atoms with Gasteiger partial charge in [-0.15, -0.1) is 0 Å². The van der Waals surface area contributed by atoms with Crippen molar-refractivity contribution in [3.8, 4) is 0 Å². The topological polar surface area (TPSA) is 34.9 Å². The van der Waals surface area contributed by atoms with Crippen molar-refractivity contribution in [3.05, 3.63) is 52.9 Å². The maximum absolute atomic E-state index is 13.5. The summed E-state index contributed by atoms with van der Waals surface area (Å²) in [5, 5.41) is 3.83. The van der Waals surface area contributed by atoms with Crippen LogP contribution >= 0.6 is 0 Å². The highest BCUT2D eigenvalue weighted by molar-refractivity contribution is 6.08. The van der Waals surface area contributed by atoms with Gasteiger partial charge in [0, 0.05) is 19.3 Å². The SMILES string of the molecule is Cc1cc(C(=O)c2cnn(C)c2)c(F)cc1F. The van der Waals surface area contributed by atoms with Crippen molar-refractivity contribution in [1.29, 1.82) is 0 Å². The molecule has 1 heterocycles. The molecule has 0 spiro atoms. The standard InChI is InChI=1S/C12H10F2N2O/c1-7-3-9(11(14)4-10(7)13)12(17)8-5-15-16(2)6-8/h3-6H,1-2H3. The average molecular weight is 236 g/mol. The Balaban J connectivity index is 2.47. The summed E-state index contributed by atoms with van der Waals surface area (Å²) in [5.74, 6) is -2.02. The van der Waals surface area contributed by atoms with Crippen LogP contribution in [0.2, 0.25) is 0 Å². The van der Waals surface area contributed by atoms with E-state index >= 15 is 0 Å². The van der Waals surface area contributed by atoms with E-state index in [0.29, 0.717) is 0 Å². The van der Waals surface area contributed by atoms with Crippen LogP contribution in [-0.4, -0.2) is 15.6 Å². The predicted molar refractivity (Wildman–Crippen MR) is 57.7 cm³/mol. The van der Waals surface area contributed by atoms with Gasteiger partial charge in [-0.25, -0.2) is 8.78 Å². The highest BCUT2D eigenvalue weighted by Gasteiger charge is 2.17. The van der Waals surface area contributed by atoms with E-state index in [1.165, 1.54) is 30.1 Å². The minimum absolute atomic E-state index is 0.142. The number of hydrogen-bond acceptors (Lipinski definition) is 2. The number of rotatable bonds is 2. The molecule has 3 nitrogen and oxygen atoms in total. The van der Waals surface area contributed by atoms with E-state index < -0.39 is 17.4 Å². The molecule has 0 N–H and O–H groups in total. The first kappa shape index (κ1) is 11.4. The van der Waals surface area contributed by atoms with Gasteiger partial charge in [-0.05, 0) is 18.6 Å². The Hall–Kier alpha value is -2.04. The first-order valence-corrected chi connectivity index (χ1v) is 4.98. The second kappa shape index (κ2) is 4.08. The second-order valence-corrected chi connectivity index (χ2v) is 3.81. The Labute approximate surface area is 96.7 Å². The monoisotopic (exact) mass is 236 g/mol. The summed E-state index contributed by atoms with van der Waals surface area (Å²) in [6, 6.07) is 1.93. The molecule has 0 aliphatic carbocycles. The van der Waals surface area contributed by atoms with Crippen molar-refractivity contribution in [1.82, 2.24) is 9.78 Å². The maximum Gasteiger partial charge on any atom is 0.199 e. The van der Waals surface area contributed by atoms with Crippen LogP contribution in [-0.2, 0) is 7.05 Å². The van der Waals surface area contributed by atoms with Crippen LogP contribution in [0.1, 0.15) is 21.5 Å². The fraction of sp³-hybridized carbons (Fsp3) is 0.167. The molecule has 0 saturated carbocycles. The number of aryl methyl sites for hydroxylation is 2. The molecule has 2 aromatic rings. The average Bonchev–Trinajstić information content (AvgIpc) is 2.69. The number of ketones is 1. The van der Waals surface area contributed by atoms with E-state index in [1.807, 2.05) is 0 Å². The van der Waals surface area contributed by atoms with Crippen LogP contribution in [0.25, 0.3) is 0 Å². The molecule has 88 valence electrons. The quantitative estimate of drug-likeness (QED) is 0.749. The normalized spacial score (nSPS) is 10.6. The zero-order valence-corrected chi connectivity index (χ0v) is 9.37. The molecule has 0 aliphatic heterocycles. The van der Waals surface area contributed by atoms with E-state index in [0.717, 1.165) is 6.07 Å². The molecule has 5 heteroatoms. The zero-order valence-electron chi connectivity index (χ0n) is 9.37. The fourth-order valence-corrected chi connectivity index (χ4v) is 1.53. The van der Waals surface area contributed by atoms with Crippen molar-refractivity contribution in [2.24, 2.45) is 7.05 Å². The highest BCUT2D eigenvalue weighted by atomic mass is 19.1. The molecular formula is C12H10F2N2O. The van der Waals surface area contributed by atoms with Crippen molar-refractivity contribution >= 4 is 5.78 Å². The Morgan fingerprint density at radius 2 is 2.00 bits per heavy atom. The van der Waals surface area contributed by atoms with E-state index in [2.05, 4.69) is 5.10 Å². The Bertz CT molecular complexity index is 590. The van der Waals surface area contributed by atoms with Gasteiger partial charge >= 0.3 is 0 Å². The molecule has 0 unspecified atom stereocenters. The van der Waals surface area contributed by atoms with Crippen molar-refractivity contribution in [3.63, 3.8) is 0 Å². The zero-order chi connectivity index (χ0) is 12.6. The molecule has 2 rings (SSSR count). The molecule has 0 fully saturated rings. The smallest absolute Gasteiger partial charge is 0.199 e. The van der Waals surface area contributed by atoms with Gasteiger partial charge in [0.2, 0.25) is 0 Å². The van der Waals surface area contributed by atoms with Gasteiger partial charge in [0.25, 0.3) is 0 Å². The summed E-state index contributed by atoms with van der Waals surface area (Å²) in [6.07, 6.45) is 2.83. The number of benzene rings is 1. The molecule has 0 saturated heterocycles. The van der Waals surface area contributed by atoms with Crippen LogP contribution in [0, 0.1) is 18.6 Å². The third kappa shape index (κ3) is 2.08. The van der Waals surface area contributed by atoms with Gasteiger partial charge in [0.15, 0.2) is 5.78 Å². The lowest BCUT2D eigenvalue weighted by Gasteiger charge is -2.03. The number of nitrogens with zero attached hydrogens (tertiary/aromatic N) is 2. The molecule has 0 amide bonds. The number of carbonyl (C=O) groups excluding carboxylic acids is 1. The lowest BCUT2D eigenvalue weighted by molar-refractivity contribution is 0.103. The lowest BCUT2D eigenvalue weighted by Crippen LogP contribution is -2.05. The van der Waals surface area contributed by atoms with Crippen molar-refractivity contribution < 1.29 is 13.6 Å². The van der Waals surface area contributed by atoms with Crippen LogP contribution in [0.4, 0.5) is 8.78 Å². The van der Waals surface area contributed by atoms with Crippen molar-refractivity contribution in [2.45, 2.75) is 6.92 Å². The molecular weight excluding hydrogens is 226 g/mol. The summed E-state index contributed by atoms with van der Waals surface area (Å²) < 4.78 is 28.0. The van der Waals surface area contributed by atoms with E-state index in [1.54, 1.807) is 7.05 Å². The van der Waals surface area contributed by atoms with E-state index in [-0.39, 0.29) is 16.7 Å². The fourth-order valence-electron chi connectivity index (χ4n) is 1.53. The number of carbonyl (C=O) groups is 1. The largest absolute Gasteiger partial charge is 0.288 e. The first-order valence-electron chi connectivity index (χ1n) is 4.98. The minimum atomic E-state index is -0.859. The van der Waals surface area contributed by atoms with Gasteiger partial charge in [-0.1, -0.05) is 0 Å². The lowest BCUT2D eigenvalue weighted by atomic mass is 10.0. The number of halogens is 2. The summed E-state index contributed by atoms with van der Waals surface area (Å²) in [7, 11) is 1.66. The third-order valence-corrected chi connectivity index (χ3v) is 2.46. The van der Waals surface area contributed by atoms with Crippen LogP contribution in [0.15, 0.2) is 24.5 Å². The molecule has 17 heavy (non-hydrogen) atoms. The summed E-state index contributed by atoms with van der Waals surface area (Å²) in [4.78, 5) is 11.9. The summed E-state index contributed by atoms with van der Waals surface area (Å²) >= 11 is 0. The molecule has 0 bridgehead atoms. The van der Waals surface area contributed by atoms with Crippen molar-refractivity contribution in [2.75, 3.05) is 0 Å². The van der Waals surface area contributed by atoms with E-state index in [9.17, 15) is 13.6 Å². The van der Waals surface area contributed by atoms with Crippen LogP contribution in [0.5, 0.6) is 0 Å². The third-order valence-electron chi connectivity index (χ3n) is 2.46. The van der Waals surface area contributed by atoms with Gasteiger partial charge < -0.3 is 0 Å². The molecule has 0 aliphatic rings. The second-order valence-electron chi connectivity index (χ2n) is 3.81. The minimum Gasteiger partial charge on any atom is -0.288 e. The van der Waals surface area contributed by atoms with Gasteiger partial charge in [-0.3, -0.25) is 9.48 Å². The Kier molecular flexibility index (Phi) is 2.75. The van der Waals surface area contributed by atoms with Crippen LogP contribution < -0.4 is 0 Å². The molecule has 0 atom stereocenters. The van der Waals surface area contributed by atoms with Gasteiger partial charge in [0.1, 0.15) is 11.6 Å². The summed E-state index contributed by atoms with van der Waals surface area (Å²) in [6.45, 7) is 1.48. The summed E-state index contributed by atoms with van der Waals surface area (Å²) in [5.41, 5.74) is 0.368. The molecule has 0 radical (unpaired) electrons. The Morgan fingerprint density at radius 3 is 2.59 bits per heavy atom. The number of hydrogen-bond donors (Lipinski definition) is 0.